The largest absolute Gasteiger partial charge is 0.305 e. The van der Waals surface area contributed by atoms with Gasteiger partial charge in [-0.2, -0.15) is 5.10 Å². The quantitative estimate of drug-likeness (QED) is 0.506. The van der Waals surface area contributed by atoms with Gasteiger partial charge >= 0.3 is 0 Å². The normalized spacial score (nSPS) is 14.4. The second kappa shape index (κ2) is 7.85. The lowest BCUT2D eigenvalue weighted by Gasteiger charge is -2.21. The van der Waals surface area contributed by atoms with Crippen LogP contribution in [0.4, 0.5) is 5.69 Å². The maximum Gasteiger partial charge on any atom is 0.277 e. The van der Waals surface area contributed by atoms with Crippen molar-refractivity contribution in [2.45, 2.75) is 6.54 Å². The molecular weight excluding hydrogens is 394 g/mol. The maximum atomic E-state index is 13.3. The molecule has 0 saturated carbocycles. The smallest absolute Gasteiger partial charge is 0.277 e. The first-order chi connectivity index (χ1) is 14.7. The zero-order valence-electron chi connectivity index (χ0n) is 16.6. The van der Waals surface area contributed by atoms with Gasteiger partial charge < -0.3 is 9.80 Å². The molecule has 0 fully saturated rings. The molecule has 0 aliphatic carbocycles. The van der Waals surface area contributed by atoms with Gasteiger partial charge in [-0.25, -0.2) is 9.67 Å². The Kier molecular flexibility index (Phi) is 4.90. The van der Waals surface area contributed by atoms with Crippen molar-refractivity contribution in [1.82, 2.24) is 19.7 Å². The number of aromatic nitrogens is 3. The molecule has 1 amide bonds. The number of rotatable bonds is 3. The summed E-state index contributed by atoms with van der Waals surface area (Å²) in [6, 6.07) is 18.0. The van der Waals surface area contributed by atoms with Gasteiger partial charge in [-0.3, -0.25) is 4.79 Å². The molecule has 0 bridgehead atoms. The number of likely N-dealkylation sites (N-methyl/N-ethyl adjacent to an activating group) is 1. The van der Waals surface area contributed by atoms with Crippen LogP contribution in [0, 0.1) is 0 Å². The first-order valence-corrected chi connectivity index (χ1v) is 10.7. The Bertz CT molecular complexity index is 1180. The molecule has 6 nitrogen and oxygen atoms in total. The highest BCUT2D eigenvalue weighted by Crippen LogP contribution is 2.28. The van der Waals surface area contributed by atoms with Crippen LogP contribution in [-0.4, -0.2) is 45.7 Å². The fraction of sp³-hybridized carbons (Fsp3) is 0.174. The molecule has 5 rings (SSSR count). The maximum absolute atomic E-state index is 13.3. The number of carbonyl (C=O) groups is 1. The Morgan fingerprint density at radius 3 is 2.70 bits per heavy atom. The van der Waals surface area contributed by atoms with Crippen molar-refractivity contribution in [3.8, 4) is 16.3 Å². The minimum Gasteiger partial charge on any atom is -0.305 e. The Balaban J connectivity index is 1.42. The third kappa shape index (κ3) is 3.53. The third-order valence-electron chi connectivity index (χ3n) is 5.25. The molecule has 4 aromatic rings. The molecule has 30 heavy (non-hydrogen) atoms. The van der Waals surface area contributed by atoms with Gasteiger partial charge in [0.2, 0.25) is 0 Å². The topological polar surface area (TPSA) is 54.3 Å². The number of para-hydroxylation sites is 2. The summed E-state index contributed by atoms with van der Waals surface area (Å²) in [5.74, 6) is -0.0595. The monoisotopic (exact) mass is 415 g/mol. The van der Waals surface area contributed by atoms with E-state index in [1.807, 2.05) is 69.7 Å². The number of thiazole rings is 1. The minimum atomic E-state index is -0.0595. The lowest BCUT2D eigenvalue weighted by Crippen LogP contribution is -2.35. The minimum absolute atomic E-state index is 0.0595. The molecule has 150 valence electrons. The van der Waals surface area contributed by atoms with Crippen LogP contribution in [0.2, 0.25) is 0 Å². The van der Waals surface area contributed by atoms with E-state index in [-0.39, 0.29) is 5.91 Å². The number of amides is 1. The van der Waals surface area contributed by atoms with Crippen molar-refractivity contribution in [3.05, 3.63) is 83.6 Å². The standard InChI is InChI=1S/C23H21N5OS/c1-26-11-12-27(21-10-6-5-7-17(21)14-26)23(29)20-16-30-22(25-20)18-13-24-28(15-18)19-8-3-2-4-9-19/h2-10,13,15-16H,11-12,14H2,1H3. The number of hydrogen-bond acceptors (Lipinski definition) is 5. The predicted molar refractivity (Wildman–Crippen MR) is 119 cm³/mol. The van der Waals surface area contributed by atoms with Gasteiger partial charge in [0.15, 0.2) is 0 Å². The highest BCUT2D eigenvalue weighted by atomic mass is 32.1. The molecular formula is C23H21N5OS. The zero-order valence-corrected chi connectivity index (χ0v) is 17.4. The Morgan fingerprint density at radius 2 is 1.83 bits per heavy atom. The van der Waals surface area contributed by atoms with E-state index in [1.54, 1.807) is 6.20 Å². The number of nitrogens with zero attached hydrogens (tertiary/aromatic N) is 5. The van der Waals surface area contributed by atoms with Crippen molar-refractivity contribution in [2.24, 2.45) is 0 Å². The molecule has 7 heteroatoms. The molecule has 0 unspecified atom stereocenters. The first-order valence-electron chi connectivity index (χ1n) is 9.83. The van der Waals surface area contributed by atoms with E-state index in [0.29, 0.717) is 12.2 Å². The van der Waals surface area contributed by atoms with Crippen LogP contribution in [-0.2, 0) is 6.54 Å². The van der Waals surface area contributed by atoms with Crippen molar-refractivity contribution < 1.29 is 4.79 Å². The van der Waals surface area contributed by atoms with E-state index < -0.39 is 0 Å². The molecule has 0 N–H and O–H groups in total. The highest BCUT2D eigenvalue weighted by molar-refractivity contribution is 7.13. The van der Waals surface area contributed by atoms with Crippen LogP contribution in [0.3, 0.4) is 0 Å². The second-order valence-electron chi connectivity index (χ2n) is 7.37. The summed E-state index contributed by atoms with van der Waals surface area (Å²) in [7, 11) is 2.08. The van der Waals surface area contributed by atoms with Crippen molar-refractivity contribution in [1.29, 1.82) is 0 Å². The average molecular weight is 416 g/mol. The van der Waals surface area contributed by atoms with Crippen molar-refractivity contribution in [2.75, 3.05) is 25.0 Å². The van der Waals surface area contributed by atoms with Crippen LogP contribution >= 0.6 is 11.3 Å². The highest BCUT2D eigenvalue weighted by Gasteiger charge is 2.25. The van der Waals surface area contributed by atoms with E-state index in [0.717, 1.165) is 40.6 Å². The number of carbonyl (C=O) groups excluding carboxylic acids is 1. The number of fused-ring (bicyclic) bond motifs is 1. The van der Waals surface area contributed by atoms with E-state index >= 15 is 0 Å². The molecule has 0 saturated heterocycles. The summed E-state index contributed by atoms with van der Waals surface area (Å²) in [4.78, 5) is 22.1. The lowest BCUT2D eigenvalue weighted by atomic mass is 10.1. The van der Waals surface area contributed by atoms with Crippen LogP contribution in [0.25, 0.3) is 16.3 Å². The van der Waals surface area contributed by atoms with Crippen molar-refractivity contribution >= 4 is 22.9 Å². The Morgan fingerprint density at radius 1 is 1.03 bits per heavy atom. The van der Waals surface area contributed by atoms with Gasteiger partial charge in [0.05, 0.1) is 11.9 Å². The number of anilines is 1. The first kappa shape index (κ1) is 18.7. The van der Waals surface area contributed by atoms with Gasteiger partial charge in [0, 0.05) is 42.5 Å². The van der Waals surface area contributed by atoms with E-state index in [1.165, 1.54) is 11.3 Å². The van der Waals surface area contributed by atoms with Gasteiger partial charge in [0.25, 0.3) is 5.91 Å². The van der Waals surface area contributed by atoms with E-state index in [9.17, 15) is 4.79 Å². The molecule has 3 heterocycles. The number of hydrogen-bond donors (Lipinski definition) is 0. The Hall–Kier alpha value is -3.29. The van der Waals surface area contributed by atoms with Crippen LogP contribution in [0.1, 0.15) is 16.1 Å². The lowest BCUT2D eigenvalue weighted by molar-refractivity contribution is 0.0982. The van der Waals surface area contributed by atoms with E-state index in [2.05, 4.69) is 28.1 Å². The molecule has 1 aliphatic rings. The number of benzene rings is 2. The molecule has 0 atom stereocenters. The SMILES string of the molecule is CN1CCN(C(=O)c2csc(-c3cnn(-c4ccccc4)c3)n2)c2ccccc2C1. The Labute approximate surface area is 179 Å². The molecule has 0 spiro atoms. The average Bonchev–Trinajstić information content (AvgIpc) is 3.42. The van der Waals surface area contributed by atoms with E-state index in [4.69, 9.17) is 0 Å². The summed E-state index contributed by atoms with van der Waals surface area (Å²) in [6.07, 6.45) is 3.73. The molecule has 2 aromatic heterocycles. The van der Waals surface area contributed by atoms with Crippen LogP contribution in [0.5, 0.6) is 0 Å². The third-order valence-corrected chi connectivity index (χ3v) is 6.14. The molecule has 1 aliphatic heterocycles. The summed E-state index contributed by atoms with van der Waals surface area (Å²) in [5.41, 5.74) is 4.49. The molecule has 0 radical (unpaired) electrons. The zero-order chi connectivity index (χ0) is 20.5. The summed E-state index contributed by atoms with van der Waals surface area (Å²) in [5, 5.41) is 7.07. The summed E-state index contributed by atoms with van der Waals surface area (Å²) >= 11 is 1.47. The van der Waals surface area contributed by atoms with Gasteiger partial charge in [-0.15, -0.1) is 11.3 Å². The van der Waals surface area contributed by atoms with Gasteiger partial charge in [-0.1, -0.05) is 36.4 Å². The molecule has 2 aromatic carbocycles. The van der Waals surface area contributed by atoms with Crippen molar-refractivity contribution in [3.63, 3.8) is 0 Å². The fourth-order valence-electron chi connectivity index (χ4n) is 3.68. The van der Waals surface area contributed by atoms with Crippen LogP contribution < -0.4 is 4.90 Å². The summed E-state index contributed by atoms with van der Waals surface area (Å²) in [6.45, 7) is 2.30. The van der Waals surface area contributed by atoms with Gasteiger partial charge in [0.1, 0.15) is 10.7 Å². The second-order valence-corrected chi connectivity index (χ2v) is 8.23. The van der Waals surface area contributed by atoms with Gasteiger partial charge in [-0.05, 0) is 30.8 Å². The fourth-order valence-corrected chi connectivity index (χ4v) is 4.45. The van der Waals surface area contributed by atoms with Crippen LogP contribution in [0.15, 0.2) is 72.4 Å². The predicted octanol–water partition coefficient (Wildman–Crippen LogP) is 4.09. The summed E-state index contributed by atoms with van der Waals surface area (Å²) < 4.78 is 1.82.